The Bertz CT molecular complexity index is 1040. The number of rotatable bonds is 7. The molecule has 1 unspecified atom stereocenters. The highest BCUT2D eigenvalue weighted by Gasteiger charge is 2.25. The highest BCUT2D eigenvalue weighted by atomic mass is 16.5. The minimum absolute atomic E-state index is 0.0546. The van der Waals surface area contributed by atoms with Crippen LogP contribution in [0.3, 0.4) is 0 Å². The average molecular weight is 396 g/mol. The van der Waals surface area contributed by atoms with Gasteiger partial charge < -0.3 is 23.9 Å². The summed E-state index contributed by atoms with van der Waals surface area (Å²) in [4.78, 5) is 16.1. The van der Waals surface area contributed by atoms with Crippen LogP contribution < -0.4 is 9.47 Å². The van der Waals surface area contributed by atoms with Crippen LogP contribution in [0.4, 0.5) is 0 Å². The van der Waals surface area contributed by atoms with Gasteiger partial charge in [0.15, 0.2) is 11.5 Å². The fourth-order valence-electron chi connectivity index (χ4n) is 3.82. The lowest BCUT2D eigenvalue weighted by Gasteiger charge is -2.14. The van der Waals surface area contributed by atoms with Crippen LogP contribution in [-0.2, 0) is 17.7 Å². The van der Waals surface area contributed by atoms with Crippen molar-refractivity contribution < 1.29 is 24.1 Å². The number of carboxylic acid groups (broad SMARTS) is 1. The van der Waals surface area contributed by atoms with Crippen LogP contribution in [0.15, 0.2) is 36.4 Å². The largest absolute Gasteiger partial charge is 0.493 e. The zero-order valence-electron chi connectivity index (χ0n) is 16.6. The van der Waals surface area contributed by atoms with Crippen molar-refractivity contribution in [3.05, 3.63) is 53.3 Å². The summed E-state index contributed by atoms with van der Waals surface area (Å²) in [5.41, 5.74) is 2.95. The number of aromatic nitrogens is 2. The number of hydrogen-bond acceptors (Lipinski definition) is 5. The molecule has 7 nitrogen and oxygen atoms in total. The zero-order chi connectivity index (χ0) is 20.4. The first-order valence-electron chi connectivity index (χ1n) is 9.66. The molecule has 152 valence electrons. The third-order valence-electron chi connectivity index (χ3n) is 5.31. The average Bonchev–Trinajstić information content (AvgIpc) is 3.39. The normalized spacial score (nSPS) is 16.3. The second-order valence-corrected chi connectivity index (χ2v) is 7.07. The van der Waals surface area contributed by atoms with Crippen molar-refractivity contribution in [3.63, 3.8) is 0 Å². The first-order valence-corrected chi connectivity index (χ1v) is 9.66. The minimum Gasteiger partial charge on any atom is -0.493 e. The lowest BCUT2D eigenvalue weighted by Crippen LogP contribution is -2.10. The number of fused-ring (bicyclic) bond motifs is 1. The Morgan fingerprint density at radius 1 is 1.21 bits per heavy atom. The smallest absolute Gasteiger partial charge is 0.335 e. The van der Waals surface area contributed by atoms with Crippen molar-refractivity contribution in [2.75, 3.05) is 20.8 Å². The molecule has 2 aromatic carbocycles. The van der Waals surface area contributed by atoms with Crippen molar-refractivity contribution in [3.8, 4) is 11.5 Å². The van der Waals surface area contributed by atoms with Gasteiger partial charge in [-0.15, -0.1) is 0 Å². The van der Waals surface area contributed by atoms with Gasteiger partial charge in [-0.05, 0) is 55.2 Å². The molecule has 1 atom stereocenters. The summed E-state index contributed by atoms with van der Waals surface area (Å²) in [5.74, 6) is 1.31. The monoisotopic (exact) mass is 396 g/mol. The Hall–Kier alpha value is -3.06. The molecule has 0 bridgehead atoms. The Balaban J connectivity index is 1.68. The van der Waals surface area contributed by atoms with E-state index in [1.807, 2.05) is 24.3 Å². The van der Waals surface area contributed by atoms with Crippen LogP contribution in [0.25, 0.3) is 11.0 Å². The van der Waals surface area contributed by atoms with Gasteiger partial charge in [0, 0.05) is 13.2 Å². The number of ether oxygens (including phenoxy) is 3. The second-order valence-electron chi connectivity index (χ2n) is 7.07. The molecule has 0 radical (unpaired) electrons. The zero-order valence-corrected chi connectivity index (χ0v) is 16.6. The van der Waals surface area contributed by atoms with Crippen molar-refractivity contribution in [1.82, 2.24) is 9.55 Å². The lowest BCUT2D eigenvalue weighted by molar-refractivity contribution is 0.0697. The summed E-state index contributed by atoms with van der Waals surface area (Å²) in [6.07, 6.45) is 2.64. The fraction of sp³-hybridized carbons (Fsp3) is 0.364. The molecular weight excluding hydrogens is 372 g/mol. The molecule has 0 amide bonds. The molecule has 0 saturated carbocycles. The maximum absolute atomic E-state index is 11.3. The predicted octanol–water partition coefficient (Wildman–Crippen LogP) is 3.85. The molecule has 1 aliphatic heterocycles. The lowest BCUT2D eigenvalue weighted by atomic mass is 10.1. The number of aromatic carboxylic acids is 1. The number of imidazole rings is 1. The Morgan fingerprint density at radius 2 is 2.03 bits per heavy atom. The molecule has 1 aliphatic rings. The van der Waals surface area contributed by atoms with Gasteiger partial charge in [-0.2, -0.15) is 0 Å². The molecule has 4 rings (SSSR count). The minimum atomic E-state index is -0.953. The van der Waals surface area contributed by atoms with E-state index in [4.69, 9.17) is 19.2 Å². The van der Waals surface area contributed by atoms with Gasteiger partial charge in [-0.25, -0.2) is 9.78 Å². The first kappa shape index (κ1) is 19.3. The van der Waals surface area contributed by atoms with Gasteiger partial charge in [0.2, 0.25) is 0 Å². The summed E-state index contributed by atoms with van der Waals surface area (Å²) in [5, 5.41) is 9.29. The number of aryl methyl sites for hydroxylation is 2. The van der Waals surface area contributed by atoms with Gasteiger partial charge in [-0.3, -0.25) is 0 Å². The van der Waals surface area contributed by atoms with Crippen LogP contribution in [0.5, 0.6) is 11.5 Å². The molecule has 1 fully saturated rings. The van der Waals surface area contributed by atoms with Gasteiger partial charge >= 0.3 is 5.97 Å². The van der Waals surface area contributed by atoms with Crippen LogP contribution in [0.1, 0.15) is 40.7 Å². The van der Waals surface area contributed by atoms with E-state index in [0.29, 0.717) is 23.6 Å². The van der Waals surface area contributed by atoms with Gasteiger partial charge in [0.05, 0.1) is 30.8 Å². The standard InChI is InChI=1S/C22H24N2O5/c1-27-18-8-5-14(12-20(18)28-2)9-10-24-17-7-6-15(22(25)26)13-16(17)23-21(24)19-4-3-11-29-19/h5-8,12-13,19H,3-4,9-11H2,1-2H3,(H,25,26). The number of carbonyl (C=O) groups is 1. The molecule has 0 spiro atoms. The summed E-state index contributed by atoms with van der Waals surface area (Å²) in [6, 6.07) is 11.0. The van der Waals surface area contributed by atoms with E-state index in [0.717, 1.165) is 42.8 Å². The molecule has 7 heteroatoms. The van der Waals surface area contributed by atoms with E-state index in [1.165, 1.54) is 0 Å². The fourth-order valence-corrected chi connectivity index (χ4v) is 3.82. The van der Waals surface area contributed by atoms with Gasteiger partial charge in [0.1, 0.15) is 11.9 Å². The van der Waals surface area contributed by atoms with E-state index in [9.17, 15) is 9.90 Å². The second kappa shape index (κ2) is 8.13. The number of hydrogen-bond donors (Lipinski definition) is 1. The Morgan fingerprint density at radius 3 is 2.72 bits per heavy atom. The SMILES string of the molecule is COc1ccc(CCn2c(C3CCCO3)nc3cc(C(=O)O)ccc32)cc1OC. The summed E-state index contributed by atoms with van der Waals surface area (Å²) in [7, 11) is 3.25. The van der Waals surface area contributed by atoms with Crippen molar-refractivity contribution in [2.45, 2.75) is 31.9 Å². The van der Waals surface area contributed by atoms with Crippen LogP contribution in [0, 0.1) is 0 Å². The Kier molecular flexibility index (Phi) is 5.40. The number of carboxylic acids is 1. The van der Waals surface area contributed by atoms with E-state index in [1.54, 1.807) is 26.4 Å². The molecule has 1 N–H and O–H groups in total. The van der Waals surface area contributed by atoms with E-state index >= 15 is 0 Å². The van der Waals surface area contributed by atoms with Crippen molar-refractivity contribution in [2.24, 2.45) is 0 Å². The molecule has 2 heterocycles. The van der Waals surface area contributed by atoms with Gasteiger partial charge in [0.25, 0.3) is 0 Å². The van der Waals surface area contributed by atoms with Gasteiger partial charge in [-0.1, -0.05) is 6.07 Å². The Labute approximate surface area is 168 Å². The predicted molar refractivity (Wildman–Crippen MR) is 108 cm³/mol. The topological polar surface area (TPSA) is 82.8 Å². The third-order valence-corrected chi connectivity index (χ3v) is 5.31. The van der Waals surface area contributed by atoms with Crippen LogP contribution in [-0.4, -0.2) is 41.5 Å². The number of nitrogens with zero attached hydrogens (tertiary/aromatic N) is 2. The number of methoxy groups -OCH3 is 2. The van der Waals surface area contributed by atoms with E-state index in [-0.39, 0.29) is 11.7 Å². The molecule has 29 heavy (non-hydrogen) atoms. The summed E-state index contributed by atoms with van der Waals surface area (Å²) in [6.45, 7) is 1.43. The summed E-state index contributed by atoms with van der Waals surface area (Å²) < 4.78 is 18.7. The highest BCUT2D eigenvalue weighted by molar-refractivity contribution is 5.92. The first-order chi connectivity index (χ1) is 14.1. The molecule has 1 saturated heterocycles. The molecule has 1 aromatic heterocycles. The third kappa shape index (κ3) is 3.78. The van der Waals surface area contributed by atoms with E-state index in [2.05, 4.69) is 4.57 Å². The van der Waals surface area contributed by atoms with Crippen molar-refractivity contribution in [1.29, 1.82) is 0 Å². The quantitative estimate of drug-likeness (QED) is 0.653. The number of benzene rings is 2. The van der Waals surface area contributed by atoms with Crippen LogP contribution in [0.2, 0.25) is 0 Å². The maximum Gasteiger partial charge on any atom is 0.335 e. The highest BCUT2D eigenvalue weighted by Crippen LogP contribution is 2.32. The van der Waals surface area contributed by atoms with Crippen LogP contribution >= 0.6 is 0 Å². The van der Waals surface area contributed by atoms with E-state index < -0.39 is 5.97 Å². The maximum atomic E-state index is 11.3. The molecule has 3 aromatic rings. The molecular formula is C22H24N2O5. The molecule has 0 aliphatic carbocycles. The van der Waals surface area contributed by atoms with Crippen molar-refractivity contribution >= 4 is 17.0 Å². The summed E-state index contributed by atoms with van der Waals surface area (Å²) >= 11 is 0.